The molecule has 0 saturated carbocycles. The van der Waals surface area contributed by atoms with Gasteiger partial charge < -0.3 is 14.5 Å². The lowest BCUT2D eigenvalue weighted by atomic mass is 10.4. The zero-order chi connectivity index (χ0) is 12.7. The molecule has 1 heterocycles. The van der Waals surface area contributed by atoms with E-state index in [2.05, 4.69) is 20.3 Å². The molecule has 0 aromatic carbocycles. The maximum absolute atomic E-state index is 11.8. The highest BCUT2D eigenvalue weighted by Crippen LogP contribution is 2.15. The monoisotopic (exact) mass is 253 g/mol. The zero-order valence-corrected chi connectivity index (χ0v) is 9.38. The molecule has 8 heteroatoms. The Labute approximate surface area is 96.3 Å². The topological polar surface area (TPSA) is 60.2 Å². The molecule has 0 aliphatic heterocycles. The summed E-state index contributed by atoms with van der Waals surface area (Å²) in [6.07, 6.45) is -3.80. The number of hydrogen-bond acceptors (Lipinski definition) is 5. The summed E-state index contributed by atoms with van der Waals surface area (Å²) < 4.78 is 44.8. The van der Waals surface area contributed by atoms with Gasteiger partial charge in [0.1, 0.15) is 13.2 Å². The highest BCUT2D eigenvalue weighted by Gasteiger charge is 2.27. The summed E-state index contributed by atoms with van der Waals surface area (Å²) in [6, 6.07) is 0. The van der Waals surface area contributed by atoms with Gasteiger partial charge in [-0.2, -0.15) is 13.2 Å². The number of hydrogen-bond donors (Lipinski definition) is 1. The van der Waals surface area contributed by atoms with E-state index in [1.54, 1.807) is 0 Å². The van der Waals surface area contributed by atoms with E-state index < -0.39 is 12.8 Å². The van der Waals surface area contributed by atoms with Crippen LogP contribution in [0.15, 0.2) is 4.42 Å². The Bertz CT molecular complexity index is 328. The number of ether oxygens (including phenoxy) is 1. The molecule has 0 saturated heterocycles. The van der Waals surface area contributed by atoms with Crippen LogP contribution < -0.4 is 5.32 Å². The van der Waals surface area contributed by atoms with Crippen molar-refractivity contribution in [3.63, 3.8) is 0 Å². The van der Waals surface area contributed by atoms with Gasteiger partial charge in [0.2, 0.25) is 11.8 Å². The molecule has 0 radical (unpaired) electrons. The SMILES string of the molecule is CCNCCc1nnc(COCC(F)(F)F)o1. The van der Waals surface area contributed by atoms with E-state index in [1.165, 1.54) is 0 Å². The van der Waals surface area contributed by atoms with Crippen molar-refractivity contribution in [2.24, 2.45) is 0 Å². The van der Waals surface area contributed by atoms with Crippen molar-refractivity contribution in [2.45, 2.75) is 26.1 Å². The van der Waals surface area contributed by atoms with E-state index in [1.807, 2.05) is 6.92 Å². The predicted molar refractivity (Wildman–Crippen MR) is 52.3 cm³/mol. The van der Waals surface area contributed by atoms with Crippen molar-refractivity contribution < 1.29 is 22.3 Å². The first-order valence-electron chi connectivity index (χ1n) is 5.17. The van der Waals surface area contributed by atoms with Crippen LogP contribution in [0.5, 0.6) is 0 Å². The summed E-state index contributed by atoms with van der Waals surface area (Å²) in [7, 11) is 0. The first-order valence-corrected chi connectivity index (χ1v) is 5.17. The Hall–Kier alpha value is -1.15. The predicted octanol–water partition coefficient (Wildman–Crippen LogP) is 1.30. The van der Waals surface area contributed by atoms with E-state index in [-0.39, 0.29) is 12.5 Å². The maximum atomic E-state index is 11.8. The largest absolute Gasteiger partial charge is 0.423 e. The third-order valence-corrected chi connectivity index (χ3v) is 1.77. The molecule has 1 aromatic rings. The molecule has 0 spiro atoms. The van der Waals surface area contributed by atoms with Crippen molar-refractivity contribution in [3.05, 3.63) is 11.8 Å². The first-order chi connectivity index (χ1) is 8.01. The zero-order valence-electron chi connectivity index (χ0n) is 9.38. The highest BCUT2D eigenvalue weighted by atomic mass is 19.4. The number of nitrogens with zero attached hydrogens (tertiary/aromatic N) is 2. The average Bonchev–Trinajstić information content (AvgIpc) is 2.64. The number of likely N-dealkylation sites (N-methyl/N-ethyl adjacent to an activating group) is 1. The van der Waals surface area contributed by atoms with Crippen molar-refractivity contribution in [1.82, 2.24) is 15.5 Å². The Morgan fingerprint density at radius 2 is 2.00 bits per heavy atom. The van der Waals surface area contributed by atoms with E-state index in [9.17, 15) is 13.2 Å². The quantitative estimate of drug-likeness (QED) is 0.742. The summed E-state index contributed by atoms with van der Waals surface area (Å²) in [5.41, 5.74) is 0. The fourth-order valence-corrected chi connectivity index (χ4v) is 1.07. The number of nitrogens with one attached hydrogen (secondary N) is 1. The molecular weight excluding hydrogens is 239 g/mol. The number of aromatic nitrogens is 2. The van der Waals surface area contributed by atoms with Gasteiger partial charge in [0, 0.05) is 13.0 Å². The van der Waals surface area contributed by atoms with Crippen molar-refractivity contribution in [1.29, 1.82) is 0 Å². The molecule has 17 heavy (non-hydrogen) atoms. The Morgan fingerprint density at radius 3 is 2.65 bits per heavy atom. The third-order valence-electron chi connectivity index (χ3n) is 1.77. The first kappa shape index (κ1) is 13.9. The molecule has 0 fully saturated rings. The molecule has 0 aliphatic carbocycles. The van der Waals surface area contributed by atoms with Crippen LogP contribution in [0.1, 0.15) is 18.7 Å². The summed E-state index contributed by atoms with van der Waals surface area (Å²) in [4.78, 5) is 0. The van der Waals surface area contributed by atoms with Gasteiger partial charge in [-0.3, -0.25) is 0 Å². The Kier molecular flexibility index (Phi) is 5.36. The third kappa shape index (κ3) is 6.22. The van der Waals surface area contributed by atoms with E-state index in [0.717, 1.165) is 6.54 Å². The molecule has 1 rings (SSSR count). The second-order valence-corrected chi connectivity index (χ2v) is 3.30. The molecule has 0 bridgehead atoms. The van der Waals surface area contributed by atoms with Crippen molar-refractivity contribution >= 4 is 0 Å². The van der Waals surface area contributed by atoms with Crippen LogP contribution in [-0.4, -0.2) is 36.1 Å². The molecule has 98 valence electrons. The molecule has 0 unspecified atom stereocenters. The maximum Gasteiger partial charge on any atom is 0.411 e. The van der Waals surface area contributed by atoms with Crippen LogP contribution in [0.3, 0.4) is 0 Å². The van der Waals surface area contributed by atoms with Crippen LogP contribution >= 0.6 is 0 Å². The second-order valence-electron chi connectivity index (χ2n) is 3.30. The minimum absolute atomic E-state index is 0.0562. The van der Waals surface area contributed by atoms with Gasteiger partial charge in [-0.15, -0.1) is 10.2 Å². The van der Waals surface area contributed by atoms with E-state index in [0.29, 0.717) is 18.9 Å². The average molecular weight is 253 g/mol. The van der Waals surface area contributed by atoms with Gasteiger partial charge in [0.15, 0.2) is 0 Å². The van der Waals surface area contributed by atoms with Gasteiger partial charge in [0.25, 0.3) is 0 Å². The lowest BCUT2D eigenvalue weighted by Crippen LogP contribution is -2.16. The van der Waals surface area contributed by atoms with Gasteiger partial charge in [-0.05, 0) is 6.54 Å². The van der Waals surface area contributed by atoms with Crippen LogP contribution in [0, 0.1) is 0 Å². The number of rotatable bonds is 7. The number of alkyl halides is 3. The molecule has 1 aromatic heterocycles. The summed E-state index contributed by atoms with van der Waals surface area (Å²) >= 11 is 0. The summed E-state index contributed by atoms with van der Waals surface area (Å²) in [6.45, 7) is 1.83. The van der Waals surface area contributed by atoms with Crippen LogP contribution in [0.4, 0.5) is 13.2 Å². The van der Waals surface area contributed by atoms with E-state index >= 15 is 0 Å². The van der Waals surface area contributed by atoms with Gasteiger partial charge >= 0.3 is 6.18 Å². The second kappa shape index (κ2) is 6.55. The fraction of sp³-hybridized carbons (Fsp3) is 0.778. The lowest BCUT2D eigenvalue weighted by molar-refractivity contribution is -0.177. The molecule has 0 amide bonds. The van der Waals surface area contributed by atoms with Gasteiger partial charge in [-0.25, -0.2) is 0 Å². The van der Waals surface area contributed by atoms with E-state index in [4.69, 9.17) is 4.42 Å². The normalized spacial score (nSPS) is 12.0. The van der Waals surface area contributed by atoms with Crippen LogP contribution in [0.25, 0.3) is 0 Å². The molecular formula is C9H14F3N3O2. The van der Waals surface area contributed by atoms with Crippen LogP contribution in [0.2, 0.25) is 0 Å². The van der Waals surface area contributed by atoms with Crippen LogP contribution in [-0.2, 0) is 17.8 Å². The Balaban J connectivity index is 2.26. The number of halogens is 3. The van der Waals surface area contributed by atoms with Crippen molar-refractivity contribution in [2.75, 3.05) is 19.7 Å². The molecule has 5 nitrogen and oxygen atoms in total. The lowest BCUT2D eigenvalue weighted by Gasteiger charge is -2.04. The van der Waals surface area contributed by atoms with Gasteiger partial charge in [0.05, 0.1) is 0 Å². The summed E-state index contributed by atoms with van der Waals surface area (Å²) in [5, 5.41) is 10.3. The fourth-order valence-electron chi connectivity index (χ4n) is 1.07. The molecule has 0 aliphatic rings. The molecule has 0 atom stereocenters. The Morgan fingerprint density at radius 1 is 1.29 bits per heavy atom. The smallest absolute Gasteiger partial charge is 0.411 e. The molecule has 1 N–H and O–H groups in total. The highest BCUT2D eigenvalue weighted by molar-refractivity contribution is 4.81. The summed E-state index contributed by atoms with van der Waals surface area (Å²) in [5.74, 6) is 0.442. The standard InChI is InChI=1S/C9H14F3N3O2/c1-2-13-4-3-7-14-15-8(17-7)5-16-6-9(10,11)12/h13H,2-6H2,1H3. The van der Waals surface area contributed by atoms with Crippen molar-refractivity contribution in [3.8, 4) is 0 Å². The van der Waals surface area contributed by atoms with Gasteiger partial charge in [-0.1, -0.05) is 6.92 Å². The minimum Gasteiger partial charge on any atom is -0.423 e. The minimum atomic E-state index is -4.34.